The molecule has 0 saturated heterocycles. The minimum Gasteiger partial charge on any atom is -0.309 e. The first-order valence-electron chi connectivity index (χ1n) is 5.37. The zero-order valence-electron chi connectivity index (χ0n) is 9.53. The molecule has 1 aromatic rings. The van der Waals surface area contributed by atoms with Gasteiger partial charge in [0.15, 0.2) is 0 Å². The van der Waals surface area contributed by atoms with E-state index in [1.165, 1.54) is 24.9 Å². The van der Waals surface area contributed by atoms with Crippen LogP contribution in [0.25, 0.3) is 0 Å². The molecule has 1 nitrogen and oxygen atoms in total. The Morgan fingerprint density at radius 3 is 2.36 bits per heavy atom. The van der Waals surface area contributed by atoms with Crippen molar-refractivity contribution < 1.29 is 0 Å². The van der Waals surface area contributed by atoms with E-state index in [9.17, 15) is 0 Å². The Labute approximate surface area is 87.7 Å². The van der Waals surface area contributed by atoms with E-state index in [2.05, 4.69) is 56.3 Å². The van der Waals surface area contributed by atoms with Crippen LogP contribution >= 0.6 is 0 Å². The Morgan fingerprint density at radius 2 is 1.79 bits per heavy atom. The van der Waals surface area contributed by atoms with E-state index in [0.29, 0.717) is 0 Å². The monoisotopic (exact) mass is 191 g/mol. The van der Waals surface area contributed by atoms with E-state index in [0.717, 1.165) is 5.92 Å². The first-order valence-corrected chi connectivity index (χ1v) is 5.37. The molecule has 0 aliphatic carbocycles. The lowest BCUT2D eigenvalue weighted by Crippen LogP contribution is -2.20. The molecule has 0 N–H and O–H groups in total. The molecule has 1 heteroatoms. The molecule has 1 aromatic carbocycles. The quantitative estimate of drug-likeness (QED) is 0.691. The lowest BCUT2D eigenvalue weighted by atomic mass is 10.0. The van der Waals surface area contributed by atoms with Gasteiger partial charge in [-0.15, -0.1) is 0 Å². The zero-order valence-corrected chi connectivity index (χ0v) is 9.53. The van der Waals surface area contributed by atoms with Crippen molar-refractivity contribution in [2.24, 2.45) is 5.92 Å². The van der Waals surface area contributed by atoms with E-state index >= 15 is 0 Å². The van der Waals surface area contributed by atoms with Crippen LogP contribution in [0.4, 0.5) is 0 Å². The Hall–Kier alpha value is -0.820. The largest absolute Gasteiger partial charge is 0.309 e. The summed E-state index contributed by atoms with van der Waals surface area (Å²) in [6, 6.07) is 10.7. The highest BCUT2D eigenvalue weighted by Gasteiger charge is 2.03. The molecule has 0 radical (unpaired) electrons. The summed E-state index contributed by atoms with van der Waals surface area (Å²) < 4.78 is 0. The number of hydrogen-bond donors (Lipinski definition) is 0. The molecular formula is C13H21N. The van der Waals surface area contributed by atoms with E-state index in [1.54, 1.807) is 0 Å². The first-order chi connectivity index (χ1) is 6.68. The standard InChI is InChI=1S/C13H21N/c1-12(11-14(2)3)9-10-13-7-5-4-6-8-13/h4-8,12H,9-11H2,1-3H3. The summed E-state index contributed by atoms with van der Waals surface area (Å²) in [6.45, 7) is 3.51. The molecule has 14 heavy (non-hydrogen) atoms. The van der Waals surface area contributed by atoms with Crippen molar-refractivity contribution in [3.05, 3.63) is 35.9 Å². The lowest BCUT2D eigenvalue weighted by Gasteiger charge is -2.16. The van der Waals surface area contributed by atoms with Gasteiger partial charge in [-0.25, -0.2) is 0 Å². The lowest BCUT2D eigenvalue weighted by molar-refractivity contribution is 0.328. The van der Waals surface area contributed by atoms with E-state index in [1.807, 2.05) is 0 Å². The molecule has 0 fully saturated rings. The fourth-order valence-electron chi connectivity index (χ4n) is 1.77. The minimum atomic E-state index is 0.783. The molecule has 1 unspecified atom stereocenters. The smallest absolute Gasteiger partial charge is 0.000103 e. The SMILES string of the molecule is CC(CCc1ccccc1)CN(C)C. The summed E-state index contributed by atoms with van der Waals surface area (Å²) in [5.41, 5.74) is 1.46. The van der Waals surface area contributed by atoms with Crippen LogP contribution in [0.15, 0.2) is 30.3 Å². The molecule has 0 aromatic heterocycles. The average Bonchev–Trinajstić information content (AvgIpc) is 2.15. The fraction of sp³-hybridized carbons (Fsp3) is 0.538. The van der Waals surface area contributed by atoms with Crippen molar-refractivity contribution in [1.82, 2.24) is 4.90 Å². The molecule has 1 atom stereocenters. The summed E-state index contributed by atoms with van der Waals surface area (Å²) in [6.07, 6.45) is 2.48. The van der Waals surface area contributed by atoms with Gasteiger partial charge in [-0.05, 0) is 38.4 Å². The highest BCUT2D eigenvalue weighted by Crippen LogP contribution is 2.09. The summed E-state index contributed by atoms with van der Waals surface area (Å²) in [5, 5.41) is 0. The third-order valence-electron chi connectivity index (χ3n) is 2.45. The summed E-state index contributed by atoms with van der Waals surface area (Å²) >= 11 is 0. The van der Waals surface area contributed by atoms with Gasteiger partial charge in [0.25, 0.3) is 0 Å². The van der Waals surface area contributed by atoms with Crippen molar-refractivity contribution in [2.75, 3.05) is 20.6 Å². The Kier molecular flexibility index (Phi) is 4.68. The summed E-state index contributed by atoms with van der Waals surface area (Å²) in [7, 11) is 4.28. The Balaban J connectivity index is 2.27. The zero-order chi connectivity index (χ0) is 10.4. The van der Waals surface area contributed by atoms with E-state index < -0.39 is 0 Å². The molecule has 0 saturated carbocycles. The van der Waals surface area contributed by atoms with E-state index in [4.69, 9.17) is 0 Å². The molecule has 0 aliphatic heterocycles. The molecule has 0 heterocycles. The number of hydrogen-bond acceptors (Lipinski definition) is 1. The molecule has 0 bridgehead atoms. The fourth-order valence-corrected chi connectivity index (χ4v) is 1.77. The second-order valence-corrected chi connectivity index (χ2v) is 4.39. The minimum absolute atomic E-state index is 0.783. The number of aryl methyl sites for hydroxylation is 1. The summed E-state index contributed by atoms with van der Waals surface area (Å²) in [5.74, 6) is 0.783. The van der Waals surface area contributed by atoms with Crippen LogP contribution in [0.1, 0.15) is 18.9 Å². The second-order valence-electron chi connectivity index (χ2n) is 4.39. The van der Waals surface area contributed by atoms with Gasteiger partial charge in [0.05, 0.1) is 0 Å². The van der Waals surface area contributed by atoms with E-state index in [-0.39, 0.29) is 0 Å². The Bertz CT molecular complexity index is 241. The van der Waals surface area contributed by atoms with Crippen molar-refractivity contribution in [2.45, 2.75) is 19.8 Å². The van der Waals surface area contributed by atoms with Gasteiger partial charge in [-0.3, -0.25) is 0 Å². The van der Waals surface area contributed by atoms with Gasteiger partial charge >= 0.3 is 0 Å². The number of rotatable bonds is 5. The van der Waals surface area contributed by atoms with Crippen LogP contribution in [0.5, 0.6) is 0 Å². The van der Waals surface area contributed by atoms with Gasteiger partial charge < -0.3 is 4.90 Å². The van der Waals surface area contributed by atoms with Crippen molar-refractivity contribution >= 4 is 0 Å². The topological polar surface area (TPSA) is 3.24 Å². The van der Waals surface area contributed by atoms with Crippen molar-refractivity contribution in [3.8, 4) is 0 Å². The number of benzene rings is 1. The van der Waals surface area contributed by atoms with Gasteiger partial charge in [-0.1, -0.05) is 37.3 Å². The second kappa shape index (κ2) is 5.82. The highest BCUT2D eigenvalue weighted by atomic mass is 15.1. The van der Waals surface area contributed by atoms with Gasteiger partial charge in [0.1, 0.15) is 0 Å². The molecule has 0 aliphatic rings. The van der Waals surface area contributed by atoms with Crippen LogP contribution in [0, 0.1) is 5.92 Å². The van der Waals surface area contributed by atoms with Crippen LogP contribution in [0.3, 0.4) is 0 Å². The maximum absolute atomic E-state index is 2.32. The van der Waals surface area contributed by atoms with Crippen LogP contribution < -0.4 is 0 Å². The first kappa shape index (κ1) is 11.3. The van der Waals surface area contributed by atoms with Crippen molar-refractivity contribution in [1.29, 1.82) is 0 Å². The maximum atomic E-state index is 2.32. The van der Waals surface area contributed by atoms with Gasteiger partial charge in [-0.2, -0.15) is 0 Å². The molecular weight excluding hydrogens is 170 g/mol. The van der Waals surface area contributed by atoms with Crippen LogP contribution in [0.2, 0.25) is 0 Å². The normalized spacial score (nSPS) is 13.1. The van der Waals surface area contributed by atoms with Crippen LogP contribution in [-0.2, 0) is 6.42 Å². The number of nitrogens with zero attached hydrogens (tertiary/aromatic N) is 1. The molecule has 0 spiro atoms. The third kappa shape index (κ3) is 4.43. The van der Waals surface area contributed by atoms with Crippen LogP contribution in [-0.4, -0.2) is 25.5 Å². The molecule has 0 amide bonds. The highest BCUT2D eigenvalue weighted by molar-refractivity contribution is 5.14. The van der Waals surface area contributed by atoms with Crippen molar-refractivity contribution in [3.63, 3.8) is 0 Å². The van der Waals surface area contributed by atoms with Gasteiger partial charge in [0, 0.05) is 6.54 Å². The predicted octanol–water partition coefficient (Wildman–Crippen LogP) is 2.82. The molecule has 1 rings (SSSR count). The predicted molar refractivity (Wildman–Crippen MR) is 62.5 cm³/mol. The maximum Gasteiger partial charge on any atom is 0.000103 e. The Morgan fingerprint density at radius 1 is 1.14 bits per heavy atom. The third-order valence-corrected chi connectivity index (χ3v) is 2.45. The molecule has 78 valence electrons. The summed E-state index contributed by atoms with van der Waals surface area (Å²) in [4.78, 5) is 2.26. The average molecular weight is 191 g/mol. The van der Waals surface area contributed by atoms with Gasteiger partial charge in [0.2, 0.25) is 0 Å².